The van der Waals surface area contributed by atoms with E-state index < -0.39 is 29.7 Å². The molecular formula is C30H29ClN4O6. The van der Waals surface area contributed by atoms with E-state index in [1.807, 2.05) is 31.2 Å². The number of anilines is 2. The van der Waals surface area contributed by atoms with Crippen LogP contribution in [0.4, 0.5) is 21.0 Å². The monoisotopic (exact) mass is 576 g/mol. The van der Waals surface area contributed by atoms with Crippen molar-refractivity contribution in [3.8, 4) is 0 Å². The average molecular weight is 577 g/mol. The van der Waals surface area contributed by atoms with Gasteiger partial charge in [0.1, 0.15) is 6.04 Å². The van der Waals surface area contributed by atoms with Crippen LogP contribution < -0.4 is 16.0 Å². The average Bonchev–Trinajstić information content (AvgIpc) is 3.38. The number of benzene rings is 3. The van der Waals surface area contributed by atoms with E-state index in [1.54, 1.807) is 47.4 Å². The van der Waals surface area contributed by atoms with Crippen LogP contribution in [0.3, 0.4) is 0 Å². The van der Waals surface area contributed by atoms with Crippen molar-refractivity contribution >= 4 is 47.0 Å². The van der Waals surface area contributed by atoms with Gasteiger partial charge < -0.3 is 19.7 Å². The summed E-state index contributed by atoms with van der Waals surface area (Å²) in [5.74, 6) is -0.739. The molecule has 0 radical (unpaired) electrons. The lowest BCUT2D eigenvalue weighted by molar-refractivity contribution is -0.133. The summed E-state index contributed by atoms with van der Waals surface area (Å²) in [6.45, 7) is 2.42. The fourth-order valence-electron chi connectivity index (χ4n) is 5.14. The highest BCUT2D eigenvalue weighted by atomic mass is 35.5. The maximum absolute atomic E-state index is 13.9. The van der Waals surface area contributed by atoms with Gasteiger partial charge in [0.05, 0.1) is 19.3 Å². The van der Waals surface area contributed by atoms with Crippen LogP contribution in [-0.4, -0.2) is 55.1 Å². The second kappa shape index (κ2) is 11.5. The number of carbonyl (C=O) groups excluding carboxylic acids is 4. The number of nitrogens with zero attached hydrogens (tertiary/aromatic N) is 1. The van der Waals surface area contributed by atoms with E-state index in [4.69, 9.17) is 16.3 Å². The van der Waals surface area contributed by atoms with Crippen molar-refractivity contribution in [1.82, 2.24) is 10.2 Å². The number of methoxy groups -OCH3 is 1. The number of nitrogens with one attached hydrogen (secondary N) is 3. The molecule has 2 heterocycles. The Kier molecular flexibility index (Phi) is 7.85. The van der Waals surface area contributed by atoms with Crippen LogP contribution in [0, 0.1) is 6.92 Å². The fourth-order valence-corrected chi connectivity index (χ4v) is 5.31. The van der Waals surface area contributed by atoms with Crippen molar-refractivity contribution in [2.24, 2.45) is 0 Å². The molecule has 5 rings (SSSR count). The second-order valence-electron chi connectivity index (χ2n) is 10.1. The first-order valence-corrected chi connectivity index (χ1v) is 13.4. The molecule has 0 aliphatic carbocycles. The van der Waals surface area contributed by atoms with Gasteiger partial charge in [-0.05, 0) is 55.0 Å². The molecule has 3 aromatic carbocycles. The Morgan fingerprint density at radius 3 is 2.54 bits per heavy atom. The lowest BCUT2D eigenvalue weighted by atomic mass is 9.90. The SMILES string of the molecule is COC(=O)Nc1ccc(C(=O)NC(Cc2ccc(C)cc2)C(=O)N2CCC3(C2)OC(=O)Nc2ccc(Cl)cc23)cc1. The summed E-state index contributed by atoms with van der Waals surface area (Å²) < 4.78 is 10.4. The Labute approximate surface area is 241 Å². The molecule has 212 valence electrons. The molecule has 10 nitrogen and oxygen atoms in total. The summed E-state index contributed by atoms with van der Waals surface area (Å²) in [6.07, 6.45) is -0.568. The molecule has 1 spiro atoms. The molecule has 2 aliphatic heterocycles. The zero-order valence-corrected chi connectivity index (χ0v) is 23.3. The first-order valence-electron chi connectivity index (χ1n) is 13.1. The molecular weight excluding hydrogens is 548 g/mol. The van der Waals surface area contributed by atoms with Crippen molar-refractivity contribution in [3.05, 3.63) is 94.0 Å². The summed E-state index contributed by atoms with van der Waals surface area (Å²) >= 11 is 6.26. The minimum atomic E-state index is -1.04. The topological polar surface area (TPSA) is 126 Å². The van der Waals surface area contributed by atoms with Gasteiger partial charge in [0.2, 0.25) is 5.91 Å². The van der Waals surface area contributed by atoms with Gasteiger partial charge in [0.15, 0.2) is 5.60 Å². The van der Waals surface area contributed by atoms with Crippen LogP contribution in [-0.2, 0) is 26.3 Å². The molecule has 3 N–H and O–H groups in total. The van der Waals surface area contributed by atoms with Crippen LogP contribution in [0.25, 0.3) is 0 Å². The number of likely N-dealkylation sites (tertiary alicyclic amines) is 1. The molecule has 1 fully saturated rings. The maximum atomic E-state index is 13.9. The van der Waals surface area contributed by atoms with Gasteiger partial charge in [0.25, 0.3) is 5.91 Å². The van der Waals surface area contributed by atoms with E-state index in [2.05, 4.69) is 20.7 Å². The number of rotatable bonds is 6. The largest absolute Gasteiger partial charge is 0.453 e. The van der Waals surface area contributed by atoms with Gasteiger partial charge in [-0.2, -0.15) is 0 Å². The van der Waals surface area contributed by atoms with Crippen molar-refractivity contribution in [2.45, 2.75) is 31.4 Å². The summed E-state index contributed by atoms with van der Waals surface area (Å²) in [7, 11) is 1.26. The van der Waals surface area contributed by atoms with Crippen LogP contribution in [0.15, 0.2) is 66.7 Å². The van der Waals surface area contributed by atoms with E-state index in [0.717, 1.165) is 11.1 Å². The number of hydrogen-bond donors (Lipinski definition) is 3. The zero-order valence-electron chi connectivity index (χ0n) is 22.5. The number of ether oxygens (including phenoxy) is 2. The third-order valence-corrected chi connectivity index (χ3v) is 7.52. The van der Waals surface area contributed by atoms with Gasteiger partial charge in [-0.3, -0.25) is 20.2 Å². The smallest absolute Gasteiger partial charge is 0.412 e. The van der Waals surface area contributed by atoms with Crippen molar-refractivity contribution in [3.63, 3.8) is 0 Å². The molecule has 1 saturated heterocycles. The molecule has 11 heteroatoms. The number of carbonyl (C=O) groups is 4. The number of amides is 4. The Morgan fingerprint density at radius 1 is 1.10 bits per heavy atom. The highest BCUT2D eigenvalue weighted by Gasteiger charge is 2.49. The maximum Gasteiger partial charge on any atom is 0.412 e. The number of halogens is 1. The predicted molar refractivity (Wildman–Crippen MR) is 153 cm³/mol. The Morgan fingerprint density at radius 2 is 1.83 bits per heavy atom. The van der Waals surface area contributed by atoms with E-state index in [1.165, 1.54) is 7.11 Å². The highest BCUT2D eigenvalue weighted by molar-refractivity contribution is 6.30. The summed E-state index contributed by atoms with van der Waals surface area (Å²) in [6, 6.07) is 18.3. The third kappa shape index (κ3) is 6.12. The second-order valence-corrected chi connectivity index (χ2v) is 10.6. The summed E-state index contributed by atoms with van der Waals surface area (Å²) in [4.78, 5) is 52.7. The van der Waals surface area contributed by atoms with E-state index in [-0.39, 0.29) is 18.9 Å². The van der Waals surface area contributed by atoms with Gasteiger partial charge in [-0.15, -0.1) is 0 Å². The predicted octanol–water partition coefficient (Wildman–Crippen LogP) is 4.86. The standard InChI is InChI=1S/C30H29ClN4O6/c1-18-3-5-19(6-4-18)15-25(33-26(36)20-7-10-22(11-8-20)32-28(38)40-2)27(37)35-14-13-30(17-35)23-16-21(31)9-12-24(23)34-29(39)41-30/h3-12,16,25H,13-15,17H2,1-2H3,(H,32,38)(H,33,36)(H,34,39). The van der Waals surface area contributed by atoms with Crippen molar-refractivity contribution in [1.29, 1.82) is 0 Å². The van der Waals surface area contributed by atoms with Gasteiger partial charge in [-0.1, -0.05) is 41.4 Å². The zero-order chi connectivity index (χ0) is 29.1. The molecule has 3 aromatic rings. The molecule has 2 aliphatic rings. The normalized spacial score (nSPS) is 18.1. The number of hydrogen-bond acceptors (Lipinski definition) is 6. The van der Waals surface area contributed by atoms with Crippen LogP contribution in [0.1, 0.15) is 33.5 Å². The van der Waals surface area contributed by atoms with Crippen LogP contribution in [0.2, 0.25) is 5.02 Å². The molecule has 41 heavy (non-hydrogen) atoms. The van der Waals surface area contributed by atoms with E-state index in [0.29, 0.717) is 40.5 Å². The Balaban J connectivity index is 1.37. The van der Waals surface area contributed by atoms with Gasteiger partial charge >= 0.3 is 12.2 Å². The van der Waals surface area contributed by atoms with Crippen LogP contribution >= 0.6 is 11.6 Å². The lowest BCUT2D eigenvalue weighted by Crippen LogP contribution is -2.50. The van der Waals surface area contributed by atoms with E-state index >= 15 is 0 Å². The van der Waals surface area contributed by atoms with Gasteiger partial charge in [-0.25, -0.2) is 9.59 Å². The van der Waals surface area contributed by atoms with Gasteiger partial charge in [0, 0.05) is 41.2 Å². The molecule has 0 aromatic heterocycles. The van der Waals surface area contributed by atoms with Crippen LogP contribution in [0.5, 0.6) is 0 Å². The summed E-state index contributed by atoms with van der Waals surface area (Å²) in [5, 5.41) is 8.60. The van der Waals surface area contributed by atoms with E-state index in [9.17, 15) is 19.2 Å². The first kappa shape index (κ1) is 28.0. The number of fused-ring (bicyclic) bond motifs is 2. The Hall–Kier alpha value is -4.57. The Bertz CT molecular complexity index is 1490. The minimum absolute atomic E-state index is 0.126. The molecule has 4 amide bonds. The molecule has 0 bridgehead atoms. The fraction of sp³-hybridized carbons (Fsp3) is 0.267. The van der Waals surface area contributed by atoms with Crippen molar-refractivity contribution in [2.75, 3.05) is 30.8 Å². The third-order valence-electron chi connectivity index (χ3n) is 7.28. The highest BCUT2D eigenvalue weighted by Crippen LogP contribution is 2.43. The van der Waals surface area contributed by atoms with Crippen molar-refractivity contribution < 1.29 is 28.7 Å². The lowest BCUT2D eigenvalue weighted by Gasteiger charge is -2.35. The quantitative estimate of drug-likeness (QED) is 0.385. The minimum Gasteiger partial charge on any atom is -0.453 e. The summed E-state index contributed by atoms with van der Waals surface area (Å²) in [5.41, 5.74) is 2.99. The molecule has 2 unspecified atom stereocenters. The molecule has 0 saturated carbocycles. The number of aryl methyl sites for hydroxylation is 1. The molecule has 2 atom stereocenters. The first-order chi connectivity index (χ1) is 19.7.